The van der Waals surface area contributed by atoms with E-state index in [1.165, 1.54) is 45.4 Å². The number of carbonyl (C=O) groups excluding carboxylic acids is 1. The van der Waals surface area contributed by atoms with Gasteiger partial charge in [-0.15, -0.1) is 0 Å². The van der Waals surface area contributed by atoms with Crippen LogP contribution in [0.2, 0.25) is 0 Å². The normalized spacial score (nSPS) is 34.0. The minimum absolute atomic E-state index is 0.00917. The molecule has 124 valence electrons. The lowest BCUT2D eigenvalue weighted by Crippen LogP contribution is -2.48. The quantitative estimate of drug-likeness (QED) is 0.767. The van der Waals surface area contributed by atoms with Gasteiger partial charge in [0.25, 0.3) is 0 Å². The van der Waals surface area contributed by atoms with Crippen molar-refractivity contribution >= 4 is 16.8 Å². The molecular formula is C21H22O3. The maximum absolute atomic E-state index is 12.7. The molecule has 0 N–H and O–H groups in total. The van der Waals surface area contributed by atoms with Crippen LogP contribution >= 0.6 is 0 Å². The third-order valence-corrected chi connectivity index (χ3v) is 6.69. The molecule has 4 aliphatic rings. The van der Waals surface area contributed by atoms with Gasteiger partial charge >= 0.3 is 0 Å². The van der Waals surface area contributed by atoms with Gasteiger partial charge in [0, 0.05) is 17.0 Å². The Balaban J connectivity index is 1.64. The summed E-state index contributed by atoms with van der Waals surface area (Å²) in [6, 6.07) is 6.95. The van der Waals surface area contributed by atoms with Crippen molar-refractivity contribution in [3.8, 4) is 0 Å². The van der Waals surface area contributed by atoms with Crippen LogP contribution in [-0.4, -0.2) is 5.78 Å². The zero-order valence-corrected chi connectivity index (χ0v) is 14.0. The molecule has 3 nitrogen and oxygen atoms in total. The molecule has 3 heteroatoms. The molecule has 2 aromatic rings. The number of Topliss-reactive ketones (excluding diaryl/α,β-unsaturated/α-hetero) is 1. The van der Waals surface area contributed by atoms with Gasteiger partial charge in [-0.1, -0.05) is 0 Å². The summed E-state index contributed by atoms with van der Waals surface area (Å²) in [6.45, 7) is 1.52. The lowest BCUT2D eigenvalue weighted by Gasteiger charge is -2.56. The standard InChI is InChI=1S/C21H22O3/c1-12(22)16-2-3-19-17(7-16)18(23)8-20(24-19)21-9-13-4-14(10-21)6-15(5-13)11-21/h2-3,7-8,13-15H,4-6,9-11H2,1H3. The molecule has 6 rings (SSSR count). The van der Waals surface area contributed by atoms with Crippen LogP contribution in [-0.2, 0) is 5.41 Å². The molecule has 1 aromatic heterocycles. The van der Waals surface area contributed by atoms with Gasteiger partial charge in [0.1, 0.15) is 11.3 Å². The van der Waals surface area contributed by atoms with Crippen LogP contribution in [0.15, 0.2) is 33.5 Å². The first-order valence-corrected chi connectivity index (χ1v) is 9.12. The summed E-state index contributed by atoms with van der Waals surface area (Å²) in [4.78, 5) is 24.3. The maximum Gasteiger partial charge on any atom is 0.192 e. The van der Waals surface area contributed by atoms with Gasteiger partial charge in [-0.05, 0) is 81.4 Å². The van der Waals surface area contributed by atoms with Crippen LogP contribution < -0.4 is 5.43 Å². The van der Waals surface area contributed by atoms with E-state index < -0.39 is 0 Å². The minimum atomic E-state index is -0.0264. The second-order valence-electron chi connectivity index (χ2n) is 8.44. The molecule has 0 spiro atoms. The van der Waals surface area contributed by atoms with Crippen LogP contribution in [0.25, 0.3) is 11.0 Å². The SMILES string of the molecule is CC(=O)c1ccc2oc(C34CC5CC(CC(C5)C3)C4)cc(=O)c2c1. The van der Waals surface area contributed by atoms with Gasteiger partial charge in [0.2, 0.25) is 0 Å². The van der Waals surface area contributed by atoms with Crippen LogP contribution in [0.3, 0.4) is 0 Å². The Labute approximate surface area is 141 Å². The lowest BCUT2D eigenvalue weighted by molar-refractivity contribution is -0.0150. The largest absolute Gasteiger partial charge is 0.460 e. The molecule has 4 aliphatic carbocycles. The first kappa shape index (κ1) is 14.4. The first-order chi connectivity index (χ1) is 11.5. The van der Waals surface area contributed by atoms with Crippen molar-refractivity contribution in [2.45, 2.75) is 50.9 Å². The molecule has 0 aliphatic heterocycles. The molecule has 0 saturated heterocycles. The topological polar surface area (TPSA) is 47.3 Å². The van der Waals surface area contributed by atoms with Crippen molar-refractivity contribution in [1.82, 2.24) is 0 Å². The Bertz CT molecular complexity index is 870. The average Bonchev–Trinajstić information content (AvgIpc) is 2.53. The fraction of sp³-hybridized carbons (Fsp3) is 0.524. The average molecular weight is 322 g/mol. The Kier molecular flexibility index (Phi) is 2.89. The summed E-state index contributed by atoms with van der Waals surface area (Å²) < 4.78 is 6.25. The maximum atomic E-state index is 12.7. The van der Waals surface area contributed by atoms with E-state index in [2.05, 4.69) is 0 Å². The number of fused-ring (bicyclic) bond motifs is 1. The van der Waals surface area contributed by atoms with Gasteiger partial charge in [0.05, 0.1) is 5.39 Å². The molecule has 1 aromatic carbocycles. The molecule has 0 radical (unpaired) electrons. The highest BCUT2D eigenvalue weighted by Crippen LogP contribution is 2.60. The van der Waals surface area contributed by atoms with Crippen molar-refractivity contribution in [3.05, 3.63) is 45.8 Å². The second kappa shape index (κ2) is 4.81. The van der Waals surface area contributed by atoms with Crippen LogP contribution in [0, 0.1) is 17.8 Å². The molecular weight excluding hydrogens is 300 g/mol. The number of benzene rings is 1. The van der Waals surface area contributed by atoms with E-state index >= 15 is 0 Å². The zero-order chi connectivity index (χ0) is 16.5. The monoisotopic (exact) mass is 322 g/mol. The van der Waals surface area contributed by atoms with E-state index in [-0.39, 0.29) is 16.6 Å². The Morgan fingerprint density at radius 3 is 2.25 bits per heavy atom. The summed E-state index contributed by atoms with van der Waals surface area (Å²) in [5.74, 6) is 3.32. The smallest absolute Gasteiger partial charge is 0.192 e. The van der Waals surface area contributed by atoms with E-state index in [1.54, 1.807) is 24.3 Å². The fourth-order valence-corrected chi connectivity index (χ4v) is 6.05. The van der Waals surface area contributed by atoms with Gasteiger partial charge in [0.15, 0.2) is 11.2 Å². The number of hydrogen-bond acceptors (Lipinski definition) is 3. The molecule has 1 heterocycles. The van der Waals surface area contributed by atoms with Crippen molar-refractivity contribution in [2.75, 3.05) is 0 Å². The molecule has 4 saturated carbocycles. The van der Waals surface area contributed by atoms with E-state index in [0.717, 1.165) is 23.5 Å². The second-order valence-corrected chi connectivity index (χ2v) is 8.44. The fourth-order valence-electron chi connectivity index (χ4n) is 6.05. The third kappa shape index (κ3) is 2.03. The lowest BCUT2D eigenvalue weighted by atomic mass is 9.49. The minimum Gasteiger partial charge on any atom is -0.460 e. The Hall–Kier alpha value is -1.90. The van der Waals surface area contributed by atoms with Gasteiger partial charge in [-0.25, -0.2) is 0 Å². The van der Waals surface area contributed by atoms with Gasteiger partial charge in [-0.3, -0.25) is 9.59 Å². The number of carbonyl (C=O) groups is 1. The van der Waals surface area contributed by atoms with Crippen molar-refractivity contribution in [3.63, 3.8) is 0 Å². The number of ketones is 1. The third-order valence-electron chi connectivity index (χ3n) is 6.69. The molecule has 4 bridgehead atoms. The molecule has 4 fully saturated rings. The molecule has 0 unspecified atom stereocenters. The van der Waals surface area contributed by atoms with Crippen LogP contribution in [0.4, 0.5) is 0 Å². The summed E-state index contributed by atoms with van der Waals surface area (Å²) in [5.41, 5.74) is 1.27. The highest BCUT2D eigenvalue weighted by atomic mass is 16.3. The summed E-state index contributed by atoms with van der Waals surface area (Å²) in [7, 11) is 0. The summed E-state index contributed by atoms with van der Waals surface area (Å²) in [6.07, 6.45) is 7.66. The molecule has 24 heavy (non-hydrogen) atoms. The highest BCUT2D eigenvalue weighted by Gasteiger charge is 2.53. The van der Waals surface area contributed by atoms with E-state index in [0.29, 0.717) is 16.5 Å². The predicted octanol–water partition coefficient (Wildman–Crippen LogP) is 4.46. The van der Waals surface area contributed by atoms with E-state index in [1.807, 2.05) is 0 Å². The van der Waals surface area contributed by atoms with Crippen molar-refractivity contribution in [2.24, 2.45) is 17.8 Å². The molecule has 0 amide bonds. The predicted molar refractivity (Wildman–Crippen MR) is 92.3 cm³/mol. The summed E-state index contributed by atoms with van der Waals surface area (Å²) in [5, 5.41) is 0.524. The Morgan fingerprint density at radius 2 is 1.67 bits per heavy atom. The van der Waals surface area contributed by atoms with Crippen LogP contribution in [0.1, 0.15) is 61.6 Å². The van der Waals surface area contributed by atoms with E-state index in [4.69, 9.17) is 4.42 Å². The first-order valence-electron chi connectivity index (χ1n) is 9.12. The number of rotatable bonds is 2. The summed E-state index contributed by atoms with van der Waals surface area (Å²) >= 11 is 0. The van der Waals surface area contributed by atoms with Gasteiger partial charge in [-0.2, -0.15) is 0 Å². The molecule has 0 atom stereocenters. The van der Waals surface area contributed by atoms with Crippen molar-refractivity contribution < 1.29 is 9.21 Å². The Morgan fingerprint density at radius 1 is 1.04 bits per heavy atom. The van der Waals surface area contributed by atoms with Gasteiger partial charge < -0.3 is 4.42 Å². The number of hydrogen-bond donors (Lipinski definition) is 0. The zero-order valence-electron chi connectivity index (χ0n) is 14.0. The van der Waals surface area contributed by atoms with Crippen molar-refractivity contribution in [1.29, 1.82) is 0 Å². The van der Waals surface area contributed by atoms with Crippen LogP contribution in [0.5, 0.6) is 0 Å². The van der Waals surface area contributed by atoms with E-state index in [9.17, 15) is 9.59 Å². The highest BCUT2D eigenvalue weighted by molar-refractivity contribution is 5.97.